The smallest absolute Gasteiger partial charge is 0.0620 e. The minimum absolute atomic E-state index is 0.0911. The van der Waals surface area contributed by atoms with Gasteiger partial charge >= 0.3 is 0 Å². The lowest BCUT2D eigenvalue weighted by molar-refractivity contribution is 0.0226. The van der Waals surface area contributed by atoms with Crippen LogP contribution in [0.2, 0.25) is 0 Å². The van der Waals surface area contributed by atoms with Crippen molar-refractivity contribution in [2.24, 2.45) is 0 Å². The van der Waals surface area contributed by atoms with Crippen LogP contribution in [-0.2, 0) is 0 Å². The van der Waals surface area contributed by atoms with Gasteiger partial charge in [0.05, 0.1) is 17.8 Å². The van der Waals surface area contributed by atoms with E-state index in [-0.39, 0.29) is 6.61 Å². The molecular formula is C15H30O3. The van der Waals surface area contributed by atoms with Gasteiger partial charge in [0, 0.05) is 0 Å². The quantitative estimate of drug-likeness (QED) is 0.557. The van der Waals surface area contributed by atoms with Crippen molar-refractivity contribution in [3.8, 4) is 0 Å². The predicted octanol–water partition coefficient (Wildman–Crippen LogP) is 2.79. The Balaban J connectivity index is 3.83. The van der Waals surface area contributed by atoms with E-state index in [2.05, 4.69) is 0 Å². The second-order valence-corrected chi connectivity index (χ2v) is 6.25. The van der Waals surface area contributed by atoms with Gasteiger partial charge in [-0.1, -0.05) is 11.6 Å². The monoisotopic (exact) mass is 258 g/mol. The van der Waals surface area contributed by atoms with Crippen molar-refractivity contribution in [2.45, 2.75) is 77.4 Å². The molecule has 0 aliphatic carbocycles. The number of rotatable bonds is 9. The Morgan fingerprint density at radius 2 is 1.56 bits per heavy atom. The van der Waals surface area contributed by atoms with Gasteiger partial charge in [-0.2, -0.15) is 0 Å². The molecule has 0 aliphatic heterocycles. The summed E-state index contributed by atoms with van der Waals surface area (Å²) in [6.07, 6.45) is 6.69. The average molecular weight is 258 g/mol. The molecule has 0 aromatic heterocycles. The van der Waals surface area contributed by atoms with E-state index >= 15 is 0 Å². The van der Waals surface area contributed by atoms with Crippen molar-refractivity contribution in [2.75, 3.05) is 6.61 Å². The highest BCUT2D eigenvalue weighted by atomic mass is 16.3. The summed E-state index contributed by atoms with van der Waals surface area (Å²) >= 11 is 0. The second-order valence-electron chi connectivity index (χ2n) is 6.25. The Bertz CT molecular complexity index is 249. The number of allylic oxidation sites excluding steroid dienone is 1. The Morgan fingerprint density at radius 1 is 1.00 bits per heavy atom. The maximum absolute atomic E-state index is 10.2. The number of hydrogen-bond acceptors (Lipinski definition) is 3. The van der Waals surface area contributed by atoms with Crippen molar-refractivity contribution in [1.29, 1.82) is 0 Å². The topological polar surface area (TPSA) is 60.7 Å². The summed E-state index contributed by atoms with van der Waals surface area (Å²) in [6.45, 7) is 7.55. The summed E-state index contributed by atoms with van der Waals surface area (Å²) in [4.78, 5) is 0. The minimum atomic E-state index is -0.648. The summed E-state index contributed by atoms with van der Waals surface area (Å²) in [5.41, 5.74) is -0.119. The Labute approximate surface area is 112 Å². The molecule has 3 heteroatoms. The zero-order valence-electron chi connectivity index (χ0n) is 12.4. The first-order valence-corrected chi connectivity index (χ1v) is 6.87. The molecule has 3 N–H and O–H groups in total. The molecule has 0 aliphatic rings. The van der Waals surface area contributed by atoms with Gasteiger partial charge in [-0.15, -0.1) is 0 Å². The van der Waals surface area contributed by atoms with E-state index in [4.69, 9.17) is 5.11 Å². The molecule has 1 atom stereocenters. The van der Waals surface area contributed by atoms with E-state index in [1.54, 1.807) is 13.8 Å². The first-order valence-electron chi connectivity index (χ1n) is 6.87. The molecule has 18 heavy (non-hydrogen) atoms. The van der Waals surface area contributed by atoms with Crippen LogP contribution in [0.3, 0.4) is 0 Å². The lowest BCUT2D eigenvalue weighted by Crippen LogP contribution is -2.26. The SMILES string of the molecule is CC(=CCO)CCCC(C)(O)CCCC(C)(C)O. The lowest BCUT2D eigenvalue weighted by atomic mass is 9.89. The zero-order valence-corrected chi connectivity index (χ0v) is 12.4. The van der Waals surface area contributed by atoms with Gasteiger partial charge in [0.2, 0.25) is 0 Å². The summed E-state index contributed by atoms with van der Waals surface area (Å²) in [5, 5.41) is 28.6. The first kappa shape index (κ1) is 17.6. The van der Waals surface area contributed by atoms with Crippen molar-refractivity contribution in [3.05, 3.63) is 11.6 Å². The molecule has 0 amide bonds. The van der Waals surface area contributed by atoms with Crippen LogP contribution < -0.4 is 0 Å². The van der Waals surface area contributed by atoms with Gasteiger partial charge in [-0.05, 0) is 66.2 Å². The number of aliphatic hydroxyl groups is 3. The van der Waals surface area contributed by atoms with E-state index in [0.717, 1.165) is 32.1 Å². The van der Waals surface area contributed by atoms with Crippen molar-refractivity contribution in [1.82, 2.24) is 0 Å². The van der Waals surface area contributed by atoms with Crippen LogP contribution in [0.1, 0.15) is 66.2 Å². The fourth-order valence-corrected chi connectivity index (χ4v) is 2.03. The van der Waals surface area contributed by atoms with Crippen LogP contribution in [-0.4, -0.2) is 33.1 Å². The summed E-state index contributed by atoms with van der Waals surface area (Å²) in [6, 6.07) is 0. The lowest BCUT2D eigenvalue weighted by Gasteiger charge is -2.25. The highest BCUT2D eigenvalue weighted by Gasteiger charge is 2.21. The number of aliphatic hydroxyl groups excluding tert-OH is 1. The van der Waals surface area contributed by atoms with Crippen LogP contribution in [0.25, 0.3) is 0 Å². The predicted molar refractivity (Wildman–Crippen MR) is 75.5 cm³/mol. The van der Waals surface area contributed by atoms with Gasteiger partial charge in [-0.3, -0.25) is 0 Å². The normalized spacial score (nSPS) is 16.7. The van der Waals surface area contributed by atoms with Crippen molar-refractivity contribution < 1.29 is 15.3 Å². The molecule has 108 valence electrons. The fourth-order valence-electron chi connectivity index (χ4n) is 2.03. The standard InChI is InChI=1S/C15H30O3/c1-13(8-12-16)7-5-10-15(4,18)11-6-9-14(2,3)17/h8,16-18H,5-7,9-12H2,1-4H3. The summed E-state index contributed by atoms with van der Waals surface area (Å²) < 4.78 is 0. The van der Waals surface area contributed by atoms with E-state index in [9.17, 15) is 10.2 Å². The molecular weight excluding hydrogens is 228 g/mol. The molecule has 0 fully saturated rings. The molecule has 0 radical (unpaired) electrons. The third-order valence-corrected chi connectivity index (χ3v) is 3.23. The van der Waals surface area contributed by atoms with Gasteiger partial charge < -0.3 is 15.3 Å². The molecule has 3 nitrogen and oxygen atoms in total. The fraction of sp³-hybridized carbons (Fsp3) is 0.867. The van der Waals surface area contributed by atoms with Gasteiger partial charge in [0.15, 0.2) is 0 Å². The molecule has 0 spiro atoms. The second kappa shape index (κ2) is 7.93. The molecule has 0 heterocycles. The molecule has 0 saturated heterocycles. The summed E-state index contributed by atoms with van der Waals surface area (Å²) in [5.74, 6) is 0. The molecule has 0 aromatic carbocycles. The van der Waals surface area contributed by atoms with Crippen molar-refractivity contribution in [3.63, 3.8) is 0 Å². The van der Waals surface area contributed by atoms with Crippen molar-refractivity contribution >= 4 is 0 Å². The van der Waals surface area contributed by atoms with E-state index in [1.807, 2.05) is 19.9 Å². The van der Waals surface area contributed by atoms with E-state index < -0.39 is 11.2 Å². The van der Waals surface area contributed by atoms with Crippen LogP contribution in [0.5, 0.6) is 0 Å². The minimum Gasteiger partial charge on any atom is -0.392 e. The third kappa shape index (κ3) is 10.8. The molecule has 0 bridgehead atoms. The highest BCUT2D eigenvalue weighted by molar-refractivity contribution is 4.97. The van der Waals surface area contributed by atoms with Crippen LogP contribution in [0.4, 0.5) is 0 Å². The maximum Gasteiger partial charge on any atom is 0.0620 e. The highest BCUT2D eigenvalue weighted by Crippen LogP contribution is 2.24. The largest absolute Gasteiger partial charge is 0.392 e. The third-order valence-electron chi connectivity index (χ3n) is 3.23. The Morgan fingerprint density at radius 3 is 2.06 bits per heavy atom. The van der Waals surface area contributed by atoms with E-state index in [1.165, 1.54) is 5.57 Å². The maximum atomic E-state index is 10.2. The van der Waals surface area contributed by atoms with Crippen LogP contribution >= 0.6 is 0 Å². The van der Waals surface area contributed by atoms with Gasteiger partial charge in [0.25, 0.3) is 0 Å². The van der Waals surface area contributed by atoms with Gasteiger partial charge in [-0.25, -0.2) is 0 Å². The molecule has 0 aromatic rings. The van der Waals surface area contributed by atoms with Crippen LogP contribution in [0.15, 0.2) is 11.6 Å². The molecule has 0 rings (SSSR count). The Hall–Kier alpha value is -0.380. The van der Waals surface area contributed by atoms with Gasteiger partial charge in [0.1, 0.15) is 0 Å². The van der Waals surface area contributed by atoms with Crippen LogP contribution in [0, 0.1) is 0 Å². The first-order chi connectivity index (χ1) is 8.16. The average Bonchev–Trinajstić information content (AvgIpc) is 2.14. The van der Waals surface area contributed by atoms with E-state index in [0.29, 0.717) is 6.42 Å². The zero-order chi connectivity index (χ0) is 14.2. The molecule has 0 saturated carbocycles. The Kier molecular flexibility index (Phi) is 7.76. The molecule has 1 unspecified atom stereocenters. The summed E-state index contributed by atoms with van der Waals surface area (Å²) in [7, 11) is 0. The number of hydrogen-bond donors (Lipinski definition) is 3.